The van der Waals surface area contributed by atoms with Crippen molar-refractivity contribution in [3.05, 3.63) is 89.2 Å². The summed E-state index contributed by atoms with van der Waals surface area (Å²) in [7, 11) is -4.10. The van der Waals surface area contributed by atoms with Crippen molar-refractivity contribution in [2.75, 3.05) is 13.2 Å². The molecule has 0 radical (unpaired) electrons. The Hall–Kier alpha value is -2.97. The number of ether oxygens (including phenoxy) is 3. The van der Waals surface area contributed by atoms with E-state index in [0.29, 0.717) is 31.2 Å². The number of aliphatic hydroxyl groups is 1. The molecule has 2 aromatic rings. The summed E-state index contributed by atoms with van der Waals surface area (Å²) in [5.74, 6) is -0.102. The molecule has 0 aromatic heterocycles. The summed E-state index contributed by atoms with van der Waals surface area (Å²) in [4.78, 5) is 0.0889. The highest BCUT2D eigenvalue weighted by molar-refractivity contribution is 7.89. The zero-order valence-corrected chi connectivity index (χ0v) is 19.8. The van der Waals surface area contributed by atoms with Crippen LogP contribution in [0.5, 0.6) is 0 Å². The van der Waals surface area contributed by atoms with Crippen molar-refractivity contribution in [1.29, 1.82) is 0 Å². The molecule has 0 unspecified atom stereocenters. The average Bonchev–Trinajstić information content (AvgIpc) is 2.80. The van der Waals surface area contributed by atoms with Gasteiger partial charge in [0.2, 0.25) is 5.88 Å². The minimum absolute atomic E-state index is 0.0889. The lowest BCUT2D eigenvalue weighted by atomic mass is 9.84. The normalized spacial score (nSPS) is 22.9. The van der Waals surface area contributed by atoms with Gasteiger partial charge in [0.25, 0.3) is 10.0 Å². The van der Waals surface area contributed by atoms with Crippen molar-refractivity contribution in [3.8, 4) is 0 Å². The molecule has 4 rings (SSSR count). The number of benzene rings is 2. The van der Waals surface area contributed by atoms with Crippen molar-refractivity contribution in [2.24, 2.45) is 0 Å². The smallest absolute Gasteiger partial charge is 0.267 e. The van der Waals surface area contributed by atoms with Crippen LogP contribution in [-0.2, 0) is 24.2 Å². The Labute approximate surface area is 194 Å². The first-order valence-corrected chi connectivity index (χ1v) is 12.5. The van der Waals surface area contributed by atoms with Gasteiger partial charge in [-0.15, -0.1) is 0 Å². The minimum Gasteiger partial charge on any atom is -0.494 e. The number of hydrogen-bond acceptors (Lipinski definition) is 6. The van der Waals surface area contributed by atoms with Crippen LogP contribution in [-0.4, -0.2) is 43.4 Å². The van der Waals surface area contributed by atoms with Gasteiger partial charge in [0.15, 0.2) is 17.8 Å². The number of aryl methyl sites for hydroxylation is 1. The van der Waals surface area contributed by atoms with Gasteiger partial charge >= 0.3 is 0 Å². The fourth-order valence-electron chi connectivity index (χ4n) is 4.32. The highest BCUT2D eigenvalue weighted by Gasteiger charge is 2.49. The van der Waals surface area contributed by atoms with E-state index in [1.807, 2.05) is 51.1 Å². The molecule has 1 saturated heterocycles. The largest absolute Gasteiger partial charge is 0.494 e. The van der Waals surface area contributed by atoms with E-state index in [1.54, 1.807) is 24.3 Å². The van der Waals surface area contributed by atoms with Crippen LogP contribution >= 0.6 is 0 Å². The van der Waals surface area contributed by atoms with Gasteiger partial charge in [-0.05, 0) is 38.5 Å². The molecule has 2 aliphatic rings. The Balaban J connectivity index is 1.88. The zero-order valence-electron chi connectivity index (χ0n) is 19.0. The Morgan fingerprint density at radius 3 is 2.39 bits per heavy atom. The predicted molar refractivity (Wildman–Crippen MR) is 124 cm³/mol. The summed E-state index contributed by atoms with van der Waals surface area (Å²) in [5.41, 5.74) is 1.86. The quantitative estimate of drug-likeness (QED) is 0.636. The van der Waals surface area contributed by atoms with Crippen LogP contribution in [0.15, 0.2) is 83.0 Å². The number of fused-ring (bicyclic) bond motifs is 1. The lowest BCUT2D eigenvalue weighted by Crippen LogP contribution is -2.51. The molecular weight excluding hydrogens is 442 g/mol. The molecule has 7 nitrogen and oxygen atoms in total. The van der Waals surface area contributed by atoms with Crippen molar-refractivity contribution >= 4 is 10.0 Å². The lowest BCUT2D eigenvalue weighted by Gasteiger charge is -2.45. The maximum absolute atomic E-state index is 13.8. The zero-order chi connectivity index (χ0) is 23.6. The van der Waals surface area contributed by atoms with Crippen LogP contribution in [0.2, 0.25) is 0 Å². The topological polar surface area (TPSA) is 85.3 Å². The summed E-state index contributed by atoms with van der Waals surface area (Å²) in [6.45, 7) is 6.36. The van der Waals surface area contributed by atoms with Gasteiger partial charge in [0.05, 0.1) is 11.5 Å². The monoisotopic (exact) mass is 471 g/mol. The summed E-state index contributed by atoms with van der Waals surface area (Å²) < 4.78 is 46.3. The molecule has 8 heteroatoms. The lowest BCUT2D eigenvalue weighted by molar-refractivity contribution is -0.151. The van der Waals surface area contributed by atoms with Gasteiger partial charge in [-0.1, -0.05) is 48.0 Å². The molecule has 2 heterocycles. The van der Waals surface area contributed by atoms with Crippen LogP contribution in [0, 0.1) is 6.92 Å². The molecule has 0 aliphatic carbocycles. The van der Waals surface area contributed by atoms with Gasteiger partial charge in [0.1, 0.15) is 6.04 Å². The van der Waals surface area contributed by atoms with Crippen LogP contribution < -0.4 is 0 Å². The molecule has 2 aromatic carbocycles. The van der Waals surface area contributed by atoms with Gasteiger partial charge in [0, 0.05) is 25.0 Å². The number of allylic oxidation sites excluding steroid dienone is 1. The van der Waals surface area contributed by atoms with Gasteiger partial charge in [-0.2, -0.15) is 0 Å². The third kappa shape index (κ3) is 4.45. The molecule has 0 spiro atoms. The molecule has 3 atom stereocenters. The van der Waals surface area contributed by atoms with Crippen molar-refractivity contribution in [1.82, 2.24) is 4.31 Å². The summed E-state index contributed by atoms with van der Waals surface area (Å²) in [6, 6.07) is 15.3. The third-order valence-corrected chi connectivity index (χ3v) is 7.59. The number of sulfonamides is 1. The van der Waals surface area contributed by atoms with Crippen LogP contribution in [0.25, 0.3) is 0 Å². The van der Waals surface area contributed by atoms with E-state index < -0.39 is 28.2 Å². The van der Waals surface area contributed by atoms with E-state index in [1.165, 1.54) is 6.08 Å². The third-order valence-electron chi connectivity index (χ3n) is 5.79. The van der Waals surface area contributed by atoms with Gasteiger partial charge < -0.3 is 19.3 Å². The molecule has 0 bridgehead atoms. The predicted octanol–water partition coefficient (Wildman–Crippen LogP) is 4.58. The fraction of sp³-hybridized carbons (Fsp3) is 0.360. The average molecular weight is 472 g/mol. The number of rotatable bonds is 7. The van der Waals surface area contributed by atoms with Crippen LogP contribution in [0.3, 0.4) is 0 Å². The van der Waals surface area contributed by atoms with Gasteiger partial charge in [-0.3, -0.25) is 0 Å². The molecule has 0 amide bonds. The van der Waals surface area contributed by atoms with E-state index in [2.05, 4.69) is 0 Å². The highest BCUT2D eigenvalue weighted by atomic mass is 32.2. The highest BCUT2D eigenvalue weighted by Crippen LogP contribution is 2.45. The van der Waals surface area contributed by atoms with E-state index in [-0.39, 0.29) is 10.8 Å². The van der Waals surface area contributed by atoms with Crippen molar-refractivity contribution in [3.63, 3.8) is 0 Å². The number of hydrogen-bond donors (Lipinski definition) is 1. The molecule has 176 valence electrons. The number of aliphatic hydroxyl groups excluding tert-OH is 1. The van der Waals surface area contributed by atoms with E-state index in [9.17, 15) is 13.5 Å². The molecular formula is C25H29NO6S. The molecule has 33 heavy (non-hydrogen) atoms. The molecule has 1 N–H and O–H groups in total. The minimum atomic E-state index is -4.10. The standard InChI is InChI=1S/C25H29NO6S/c1-4-30-21-16-22(27)26(33(28,29)19-13-11-17(3)12-14-19)24-20(18-9-7-6-8-10-18)15-23(31-5-2)32-25(21)24/h6-14,16,20,23-24,27H,4-5,15H2,1-3H3/t20-,23+,24-/m1/s1. The second-order valence-electron chi connectivity index (χ2n) is 7.98. The summed E-state index contributed by atoms with van der Waals surface area (Å²) >= 11 is 0. The second-order valence-corrected chi connectivity index (χ2v) is 9.79. The first kappa shape index (κ1) is 23.2. The first-order valence-electron chi connectivity index (χ1n) is 11.1. The Kier molecular flexibility index (Phi) is 6.67. The molecule has 0 saturated carbocycles. The summed E-state index contributed by atoms with van der Waals surface area (Å²) in [6.07, 6.45) is 1.15. The van der Waals surface area contributed by atoms with E-state index in [0.717, 1.165) is 15.4 Å². The Bertz CT molecular complexity index is 1140. The molecule has 2 aliphatic heterocycles. The van der Waals surface area contributed by atoms with Gasteiger partial charge in [-0.25, -0.2) is 12.7 Å². The fourth-order valence-corrected chi connectivity index (χ4v) is 5.87. The van der Waals surface area contributed by atoms with Crippen molar-refractivity contribution < 1.29 is 27.7 Å². The Morgan fingerprint density at radius 1 is 1.06 bits per heavy atom. The second kappa shape index (κ2) is 9.49. The Morgan fingerprint density at radius 2 is 1.76 bits per heavy atom. The van der Waals surface area contributed by atoms with Crippen molar-refractivity contribution in [2.45, 2.75) is 50.3 Å². The van der Waals surface area contributed by atoms with E-state index >= 15 is 0 Å². The SMILES string of the molecule is CCOC1=C2O[C@H](OCC)C[C@H](c3ccccc3)[C@H]2N(S(=O)(=O)c2ccc(C)cc2)C(O)=C1. The van der Waals surface area contributed by atoms with Crippen LogP contribution in [0.4, 0.5) is 0 Å². The van der Waals surface area contributed by atoms with Crippen LogP contribution in [0.1, 0.15) is 37.3 Å². The maximum atomic E-state index is 13.8. The van der Waals surface area contributed by atoms with E-state index in [4.69, 9.17) is 14.2 Å². The maximum Gasteiger partial charge on any atom is 0.267 e. The molecule has 1 fully saturated rings. The first-order chi connectivity index (χ1) is 15.9. The summed E-state index contributed by atoms with van der Waals surface area (Å²) in [5, 5.41) is 11.0. The number of nitrogens with zero attached hydrogens (tertiary/aromatic N) is 1.